The van der Waals surface area contributed by atoms with Crippen LogP contribution in [0.1, 0.15) is 16.2 Å². The number of aryl methyl sites for hydroxylation is 1. The molecular formula is C16H14N2O3S. The first-order valence-electron chi connectivity index (χ1n) is 6.64. The fourth-order valence-electron chi connectivity index (χ4n) is 2.39. The average Bonchev–Trinajstić information content (AvgIpc) is 2.80. The molecule has 0 spiro atoms. The van der Waals surface area contributed by atoms with Crippen molar-refractivity contribution in [2.45, 2.75) is 11.8 Å². The van der Waals surface area contributed by atoms with Gasteiger partial charge in [0.2, 0.25) is 0 Å². The largest absolute Gasteiger partial charge is 0.296 e. The lowest BCUT2D eigenvalue weighted by Crippen LogP contribution is -1.96. The number of carbonyl (C=O) groups is 1. The van der Waals surface area contributed by atoms with Gasteiger partial charge in [0.1, 0.15) is 11.3 Å². The summed E-state index contributed by atoms with van der Waals surface area (Å²) in [4.78, 5) is 15.8. The standard InChI is InChI=1S/C16H14N2O3S/c1-11-15(10-19)18-9-13(5-8-16(18)17-11)12-3-6-14(7-4-12)22(2,20)21/h3-10H,1-2H3. The van der Waals surface area contributed by atoms with E-state index in [1.165, 1.54) is 6.26 Å². The minimum Gasteiger partial charge on any atom is -0.296 e. The maximum absolute atomic E-state index is 11.5. The second kappa shape index (κ2) is 5.06. The summed E-state index contributed by atoms with van der Waals surface area (Å²) in [7, 11) is -3.21. The number of nitrogens with zero attached hydrogens (tertiary/aromatic N) is 2. The van der Waals surface area contributed by atoms with E-state index in [9.17, 15) is 13.2 Å². The Morgan fingerprint density at radius 3 is 2.27 bits per heavy atom. The first-order valence-corrected chi connectivity index (χ1v) is 8.53. The third-order valence-electron chi connectivity index (χ3n) is 3.57. The summed E-state index contributed by atoms with van der Waals surface area (Å²) < 4.78 is 24.7. The summed E-state index contributed by atoms with van der Waals surface area (Å²) in [6.07, 6.45) is 3.79. The molecule has 0 aliphatic carbocycles. The number of sulfone groups is 1. The number of hydrogen-bond acceptors (Lipinski definition) is 4. The molecule has 0 fully saturated rings. The van der Waals surface area contributed by atoms with Crippen molar-refractivity contribution < 1.29 is 13.2 Å². The molecule has 22 heavy (non-hydrogen) atoms. The smallest absolute Gasteiger partial charge is 0.175 e. The van der Waals surface area contributed by atoms with Crippen molar-refractivity contribution in [2.75, 3.05) is 6.26 Å². The van der Waals surface area contributed by atoms with Gasteiger partial charge in [-0.05, 0) is 42.3 Å². The molecule has 0 saturated heterocycles. The van der Waals surface area contributed by atoms with Crippen molar-refractivity contribution in [2.24, 2.45) is 0 Å². The van der Waals surface area contributed by atoms with E-state index in [0.29, 0.717) is 17.0 Å². The molecule has 0 saturated carbocycles. The number of rotatable bonds is 3. The summed E-state index contributed by atoms with van der Waals surface area (Å²) in [5.74, 6) is 0. The molecule has 0 aliphatic rings. The molecule has 112 valence electrons. The van der Waals surface area contributed by atoms with Crippen LogP contribution in [0.15, 0.2) is 47.5 Å². The highest BCUT2D eigenvalue weighted by Crippen LogP contribution is 2.23. The number of pyridine rings is 1. The molecule has 0 radical (unpaired) electrons. The van der Waals surface area contributed by atoms with Crippen molar-refractivity contribution in [1.82, 2.24) is 9.38 Å². The zero-order chi connectivity index (χ0) is 15.9. The number of aromatic nitrogens is 2. The lowest BCUT2D eigenvalue weighted by molar-refractivity contribution is 0.111. The van der Waals surface area contributed by atoms with E-state index >= 15 is 0 Å². The number of aldehydes is 1. The third kappa shape index (κ3) is 2.42. The van der Waals surface area contributed by atoms with Crippen molar-refractivity contribution >= 4 is 21.8 Å². The number of imidazole rings is 1. The predicted molar refractivity (Wildman–Crippen MR) is 83.9 cm³/mol. The molecule has 6 heteroatoms. The van der Waals surface area contributed by atoms with Crippen LogP contribution in [0.5, 0.6) is 0 Å². The molecule has 3 aromatic rings. The fraction of sp³-hybridized carbons (Fsp3) is 0.125. The first kappa shape index (κ1) is 14.5. The molecule has 5 nitrogen and oxygen atoms in total. The molecule has 0 N–H and O–H groups in total. The van der Waals surface area contributed by atoms with Gasteiger partial charge in [-0.2, -0.15) is 0 Å². The van der Waals surface area contributed by atoms with Crippen LogP contribution < -0.4 is 0 Å². The van der Waals surface area contributed by atoms with Gasteiger partial charge in [0.15, 0.2) is 16.1 Å². The molecule has 0 unspecified atom stereocenters. The Morgan fingerprint density at radius 2 is 1.68 bits per heavy atom. The molecule has 1 aromatic carbocycles. The molecule has 0 bridgehead atoms. The van der Waals surface area contributed by atoms with Gasteiger partial charge in [-0.25, -0.2) is 13.4 Å². The summed E-state index contributed by atoms with van der Waals surface area (Å²) in [6, 6.07) is 10.4. The molecule has 2 aromatic heterocycles. The molecular weight excluding hydrogens is 300 g/mol. The van der Waals surface area contributed by atoms with Gasteiger partial charge < -0.3 is 0 Å². The lowest BCUT2D eigenvalue weighted by Gasteiger charge is -2.05. The highest BCUT2D eigenvalue weighted by Gasteiger charge is 2.10. The highest BCUT2D eigenvalue weighted by molar-refractivity contribution is 7.90. The molecule has 3 rings (SSSR count). The zero-order valence-corrected chi connectivity index (χ0v) is 13.0. The van der Waals surface area contributed by atoms with Crippen LogP contribution in [0.25, 0.3) is 16.8 Å². The normalized spacial score (nSPS) is 11.7. The minimum absolute atomic E-state index is 0.282. The predicted octanol–water partition coefficient (Wildman–Crippen LogP) is 2.53. The van der Waals surface area contributed by atoms with E-state index < -0.39 is 9.84 Å². The van der Waals surface area contributed by atoms with E-state index in [4.69, 9.17) is 0 Å². The topological polar surface area (TPSA) is 68.5 Å². The van der Waals surface area contributed by atoms with E-state index in [2.05, 4.69) is 4.98 Å². The maximum Gasteiger partial charge on any atom is 0.175 e. The number of hydrogen-bond donors (Lipinski definition) is 0. The van der Waals surface area contributed by atoms with Gasteiger partial charge in [0.25, 0.3) is 0 Å². The second-order valence-corrected chi connectivity index (χ2v) is 7.16. The van der Waals surface area contributed by atoms with Crippen LogP contribution in [0, 0.1) is 6.92 Å². The van der Waals surface area contributed by atoms with Crippen LogP contribution in [0.2, 0.25) is 0 Å². The maximum atomic E-state index is 11.5. The minimum atomic E-state index is -3.21. The Labute approximate surface area is 128 Å². The van der Waals surface area contributed by atoms with E-state index in [0.717, 1.165) is 17.4 Å². The van der Waals surface area contributed by atoms with Gasteiger partial charge in [-0.1, -0.05) is 12.1 Å². The van der Waals surface area contributed by atoms with Crippen LogP contribution in [0.3, 0.4) is 0 Å². The average molecular weight is 314 g/mol. The van der Waals surface area contributed by atoms with Gasteiger partial charge in [0.05, 0.1) is 10.6 Å². The van der Waals surface area contributed by atoms with Crippen LogP contribution in [-0.2, 0) is 9.84 Å². The third-order valence-corrected chi connectivity index (χ3v) is 4.70. The Hall–Kier alpha value is -2.47. The fourth-order valence-corrected chi connectivity index (χ4v) is 3.02. The number of carbonyl (C=O) groups excluding carboxylic acids is 1. The van der Waals surface area contributed by atoms with E-state index in [-0.39, 0.29) is 4.90 Å². The summed E-state index contributed by atoms with van der Waals surface area (Å²) in [5.41, 5.74) is 3.66. The van der Waals surface area contributed by atoms with Crippen molar-refractivity contribution in [3.8, 4) is 11.1 Å². The van der Waals surface area contributed by atoms with Crippen LogP contribution >= 0.6 is 0 Å². The molecule has 0 aliphatic heterocycles. The van der Waals surface area contributed by atoms with E-state index in [1.807, 2.05) is 18.3 Å². The quantitative estimate of drug-likeness (QED) is 0.697. The van der Waals surface area contributed by atoms with Crippen LogP contribution in [-0.4, -0.2) is 30.3 Å². The first-order chi connectivity index (χ1) is 10.4. The second-order valence-electron chi connectivity index (χ2n) is 5.14. The summed E-state index contributed by atoms with van der Waals surface area (Å²) >= 11 is 0. The van der Waals surface area contributed by atoms with Gasteiger partial charge in [0, 0.05) is 12.5 Å². The SMILES string of the molecule is Cc1nc2ccc(-c3ccc(S(C)(=O)=O)cc3)cn2c1C=O. The molecule has 0 atom stereocenters. The van der Waals surface area contributed by atoms with Gasteiger partial charge >= 0.3 is 0 Å². The van der Waals surface area contributed by atoms with Crippen molar-refractivity contribution in [3.05, 3.63) is 54.0 Å². The number of benzene rings is 1. The summed E-state index contributed by atoms with van der Waals surface area (Å²) in [5, 5.41) is 0. The Morgan fingerprint density at radius 1 is 1.05 bits per heavy atom. The van der Waals surface area contributed by atoms with Crippen molar-refractivity contribution in [1.29, 1.82) is 0 Å². The van der Waals surface area contributed by atoms with Gasteiger partial charge in [-0.15, -0.1) is 0 Å². The van der Waals surface area contributed by atoms with Crippen LogP contribution in [0.4, 0.5) is 0 Å². The van der Waals surface area contributed by atoms with E-state index in [1.54, 1.807) is 35.6 Å². The Balaban J connectivity index is 2.12. The lowest BCUT2D eigenvalue weighted by atomic mass is 10.1. The zero-order valence-electron chi connectivity index (χ0n) is 12.1. The van der Waals surface area contributed by atoms with Gasteiger partial charge in [-0.3, -0.25) is 9.20 Å². The highest BCUT2D eigenvalue weighted by atomic mass is 32.2. The van der Waals surface area contributed by atoms with Crippen molar-refractivity contribution in [3.63, 3.8) is 0 Å². The Bertz CT molecular complexity index is 971. The monoisotopic (exact) mass is 314 g/mol. The molecule has 2 heterocycles. The molecule has 0 amide bonds. The number of fused-ring (bicyclic) bond motifs is 1. The Kier molecular flexibility index (Phi) is 3.33. The summed E-state index contributed by atoms with van der Waals surface area (Å²) in [6.45, 7) is 1.79.